The van der Waals surface area contributed by atoms with Crippen LogP contribution in [-0.4, -0.2) is 23.0 Å². The molecule has 0 radical (unpaired) electrons. The van der Waals surface area contributed by atoms with E-state index < -0.39 is 0 Å². The molecule has 50 valence electrons. The summed E-state index contributed by atoms with van der Waals surface area (Å²) in [4.78, 5) is 10.7. The minimum absolute atomic E-state index is 0.247. The van der Waals surface area contributed by atoms with Crippen molar-refractivity contribution in [1.29, 1.82) is 0 Å². The Labute approximate surface area is 58.4 Å². The van der Waals surface area contributed by atoms with E-state index in [1.807, 2.05) is 11.8 Å². The van der Waals surface area contributed by atoms with Crippen LogP contribution in [0.4, 0.5) is 0 Å². The zero-order valence-corrected chi connectivity index (χ0v) is 5.91. The Bertz CT molecular complexity index is 134. The quantitative estimate of drug-likeness (QED) is 0.531. The molecule has 2 saturated heterocycles. The van der Waals surface area contributed by atoms with Crippen LogP contribution in [0, 0.1) is 0 Å². The predicted octanol–water partition coefficient (Wildman–Crippen LogP) is 0.380. The third-order valence-electron chi connectivity index (χ3n) is 1.94. The number of amides is 1. The van der Waals surface area contributed by atoms with E-state index in [0.29, 0.717) is 11.3 Å². The van der Waals surface area contributed by atoms with Crippen LogP contribution in [0.1, 0.15) is 12.8 Å². The molecule has 1 N–H and O–H groups in total. The van der Waals surface area contributed by atoms with Gasteiger partial charge in [0.05, 0.1) is 0 Å². The monoisotopic (exact) mass is 143 g/mol. The molecule has 2 aliphatic rings. The first-order chi connectivity index (χ1) is 4.36. The number of fused-ring (bicyclic) bond motifs is 1. The standard InChI is InChI=1S/C6H9NOS/c8-6-3-5-4(7-6)1-2-9-5/h4-5H,1-3H2,(H,7,8). The van der Waals surface area contributed by atoms with Gasteiger partial charge < -0.3 is 5.32 Å². The van der Waals surface area contributed by atoms with Gasteiger partial charge in [0.25, 0.3) is 0 Å². The van der Waals surface area contributed by atoms with Crippen LogP contribution >= 0.6 is 11.8 Å². The zero-order valence-electron chi connectivity index (χ0n) is 5.09. The summed E-state index contributed by atoms with van der Waals surface area (Å²) < 4.78 is 0. The molecule has 2 heterocycles. The molecule has 0 aromatic rings. The largest absolute Gasteiger partial charge is 0.352 e. The van der Waals surface area contributed by atoms with Crippen LogP contribution in [0.25, 0.3) is 0 Å². The Kier molecular flexibility index (Phi) is 1.18. The molecule has 2 nitrogen and oxygen atoms in total. The van der Waals surface area contributed by atoms with Crippen molar-refractivity contribution in [2.24, 2.45) is 0 Å². The number of carbonyl (C=O) groups is 1. The maximum Gasteiger partial charge on any atom is 0.221 e. The van der Waals surface area contributed by atoms with Crippen LogP contribution in [0.2, 0.25) is 0 Å². The zero-order chi connectivity index (χ0) is 6.27. The molecule has 0 aromatic heterocycles. The summed E-state index contributed by atoms with van der Waals surface area (Å²) in [7, 11) is 0. The molecule has 1 amide bonds. The lowest BCUT2D eigenvalue weighted by Crippen LogP contribution is -2.26. The van der Waals surface area contributed by atoms with Gasteiger partial charge in [-0.3, -0.25) is 4.79 Å². The smallest absolute Gasteiger partial charge is 0.221 e. The predicted molar refractivity (Wildman–Crippen MR) is 37.4 cm³/mol. The van der Waals surface area contributed by atoms with Crippen molar-refractivity contribution in [2.45, 2.75) is 24.1 Å². The Morgan fingerprint density at radius 3 is 3.33 bits per heavy atom. The molecule has 2 aliphatic heterocycles. The number of thioether (sulfide) groups is 1. The number of hydrogen-bond acceptors (Lipinski definition) is 2. The van der Waals surface area contributed by atoms with E-state index in [2.05, 4.69) is 5.32 Å². The second-order valence-corrected chi connectivity index (χ2v) is 3.92. The van der Waals surface area contributed by atoms with E-state index in [0.717, 1.165) is 6.42 Å². The SMILES string of the molecule is O=C1CC2SCCC2N1. The second-order valence-electron chi connectivity index (χ2n) is 2.58. The lowest BCUT2D eigenvalue weighted by atomic mass is 10.2. The van der Waals surface area contributed by atoms with Gasteiger partial charge >= 0.3 is 0 Å². The molecule has 0 aromatic carbocycles. The van der Waals surface area contributed by atoms with Crippen molar-refractivity contribution in [2.75, 3.05) is 5.75 Å². The molecule has 2 rings (SSSR count). The molecule has 0 spiro atoms. The van der Waals surface area contributed by atoms with Crippen LogP contribution in [-0.2, 0) is 4.79 Å². The van der Waals surface area contributed by atoms with E-state index in [1.54, 1.807) is 0 Å². The summed E-state index contributed by atoms with van der Waals surface area (Å²) in [5.41, 5.74) is 0. The van der Waals surface area contributed by atoms with E-state index in [-0.39, 0.29) is 5.91 Å². The van der Waals surface area contributed by atoms with Gasteiger partial charge in [-0.05, 0) is 12.2 Å². The summed E-state index contributed by atoms with van der Waals surface area (Å²) in [6.45, 7) is 0. The van der Waals surface area contributed by atoms with E-state index in [9.17, 15) is 4.79 Å². The van der Waals surface area contributed by atoms with Gasteiger partial charge in [0.2, 0.25) is 5.91 Å². The van der Waals surface area contributed by atoms with Crippen molar-refractivity contribution in [3.8, 4) is 0 Å². The van der Waals surface area contributed by atoms with Gasteiger partial charge in [0.1, 0.15) is 0 Å². The number of carbonyl (C=O) groups excluding carboxylic acids is 1. The Morgan fingerprint density at radius 2 is 2.56 bits per heavy atom. The van der Waals surface area contributed by atoms with E-state index in [1.165, 1.54) is 12.2 Å². The van der Waals surface area contributed by atoms with Crippen molar-refractivity contribution < 1.29 is 4.79 Å². The maximum atomic E-state index is 10.7. The van der Waals surface area contributed by atoms with Crippen molar-refractivity contribution >= 4 is 17.7 Å². The number of hydrogen-bond donors (Lipinski definition) is 1. The molecule has 0 saturated carbocycles. The molecule has 2 fully saturated rings. The highest BCUT2D eigenvalue weighted by Crippen LogP contribution is 2.32. The first-order valence-corrected chi connectivity index (χ1v) is 4.32. The molecule has 0 aliphatic carbocycles. The fraction of sp³-hybridized carbons (Fsp3) is 0.833. The number of nitrogens with one attached hydrogen (secondary N) is 1. The first-order valence-electron chi connectivity index (χ1n) is 3.27. The number of rotatable bonds is 0. The average molecular weight is 143 g/mol. The lowest BCUT2D eigenvalue weighted by molar-refractivity contribution is -0.119. The normalized spacial score (nSPS) is 40.7. The third kappa shape index (κ3) is 0.834. The highest BCUT2D eigenvalue weighted by Gasteiger charge is 2.36. The fourth-order valence-electron chi connectivity index (χ4n) is 1.46. The van der Waals surface area contributed by atoms with Crippen LogP contribution < -0.4 is 5.32 Å². The highest BCUT2D eigenvalue weighted by molar-refractivity contribution is 8.00. The van der Waals surface area contributed by atoms with Crippen molar-refractivity contribution in [1.82, 2.24) is 5.32 Å². The Hall–Kier alpha value is -0.180. The van der Waals surface area contributed by atoms with Gasteiger partial charge in [-0.2, -0.15) is 11.8 Å². The minimum Gasteiger partial charge on any atom is -0.352 e. The highest BCUT2D eigenvalue weighted by atomic mass is 32.2. The summed E-state index contributed by atoms with van der Waals surface area (Å²) >= 11 is 1.93. The topological polar surface area (TPSA) is 29.1 Å². The molecule has 2 atom stereocenters. The van der Waals surface area contributed by atoms with Crippen LogP contribution in [0.5, 0.6) is 0 Å². The van der Waals surface area contributed by atoms with Gasteiger partial charge in [0.15, 0.2) is 0 Å². The lowest BCUT2D eigenvalue weighted by Gasteiger charge is -2.03. The second kappa shape index (κ2) is 1.90. The van der Waals surface area contributed by atoms with Gasteiger partial charge in [-0.15, -0.1) is 0 Å². The Morgan fingerprint density at radius 1 is 1.67 bits per heavy atom. The minimum atomic E-state index is 0.247. The van der Waals surface area contributed by atoms with Gasteiger partial charge in [0, 0.05) is 17.7 Å². The average Bonchev–Trinajstić information content (AvgIpc) is 2.22. The molecule has 3 heteroatoms. The molecular formula is C6H9NOS. The summed E-state index contributed by atoms with van der Waals surface area (Å²) in [5.74, 6) is 1.48. The van der Waals surface area contributed by atoms with Crippen molar-refractivity contribution in [3.05, 3.63) is 0 Å². The molecule has 9 heavy (non-hydrogen) atoms. The van der Waals surface area contributed by atoms with Gasteiger partial charge in [-0.25, -0.2) is 0 Å². The third-order valence-corrected chi connectivity index (χ3v) is 3.34. The molecule has 0 bridgehead atoms. The molecule has 2 unspecified atom stereocenters. The molecular weight excluding hydrogens is 134 g/mol. The van der Waals surface area contributed by atoms with Crippen LogP contribution in [0.15, 0.2) is 0 Å². The maximum absolute atomic E-state index is 10.7. The van der Waals surface area contributed by atoms with E-state index >= 15 is 0 Å². The summed E-state index contributed by atoms with van der Waals surface area (Å²) in [5, 5.41) is 3.56. The van der Waals surface area contributed by atoms with Crippen molar-refractivity contribution in [3.63, 3.8) is 0 Å². The Balaban J connectivity index is 2.09. The first kappa shape index (κ1) is 5.59. The van der Waals surface area contributed by atoms with Crippen LogP contribution in [0.3, 0.4) is 0 Å². The van der Waals surface area contributed by atoms with Gasteiger partial charge in [-0.1, -0.05) is 0 Å². The fourth-order valence-corrected chi connectivity index (χ4v) is 2.86. The van der Waals surface area contributed by atoms with E-state index in [4.69, 9.17) is 0 Å². The summed E-state index contributed by atoms with van der Waals surface area (Å²) in [6.07, 6.45) is 1.94. The summed E-state index contributed by atoms with van der Waals surface area (Å²) in [6, 6.07) is 0.516.